The van der Waals surface area contributed by atoms with Crippen LogP contribution in [0.25, 0.3) is 16.9 Å². The maximum absolute atomic E-state index is 5.83. The van der Waals surface area contributed by atoms with Crippen LogP contribution in [-0.4, -0.2) is 9.38 Å². The van der Waals surface area contributed by atoms with Gasteiger partial charge in [0.2, 0.25) is 0 Å². The van der Waals surface area contributed by atoms with Crippen LogP contribution in [0.1, 0.15) is 11.3 Å². The van der Waals surface area contributed by atoms with Crippen molar-refractivity contribution in [2.75, 3.05) is 5.73 Å². The summed E-state index contributed by atoms with van der Waals surface area (Å²) in [6.07, 6.45) is 2.89. The van der Waals surface area contributed by atoms with Crippen LogP contribution in [0.3, 0.4) is 0 Å². The standard InChI is InChI=1S/C14H11N3/c15-10-5-6-13-16-14-11-4-2-1-3-9(11)7-12(14)17(13)8-10/h1-6,8H,7,15H2. The molecule has 0 saturated heterocycles. The predicted molar refractivity (Wildman–Crippen MR) is 67.8 cm³/mol. The highest BCUT2D eigenvalue weighted by molar-refractivity contribution is 5.75. The van der Waals surface area contributed by atoms with Gasteiger partial charge < -0.3 is 10.1 Å². The predicted octanol–water partition coefficient (Wildman–Crippen LogP) is 2.49. The van der Waals surface area contributed by atoms with Gasteiger partial charge in [0.1, 0.15) is 5.65 Å². The molecular weight excluding hydrogens is 210 g/mol. The molecule has 3 nitrogen and oxygen atoms in total. The molecule has 2 heterocycles. The van der Waals surface area contributed by atoms with Gasteiger partial charge in [0.05, 0.1) is 11.4 Å². The molecule has 3 heteroatoms. The number of hydrogen-bond donors (Lipinski definition) is 1. The van der Waals surface area contributed by atoms with Gasteiger partial charge in [-0.05, 0) is 17.7 Å². The van der Waals surface area contributed by atoms with Crippen molar-refractivity contribution in [1.29, 1.82) is 0 Å². The van der Waals surface area contributed by atoms with Crippen LogP contribution in [0.15, 0.2) is 42.6 Å². The second-order valence-electron chi connectivity index (χ2n) is 4.43. The number of pyridine rings is 1. The smallest absolute Gasteiger partial charge is 0.137 e. The van der Waals surface area contributed by atoms with E-state index in [-0.39, 0.29) is 0 Å². The van der Waals surface area contributed by atoms with Crippen molar-refractivity contribution >= 4 is 11.3 Å². The van der Waals surface area contributed by atoms with Crippen molar-refractivity contribution in [3.63, 3.8) is 0 Å². The van der Waals surface area contributed by atoms with E-state index >= 15 is 0 Å². The van der Waals surface area contributed by atoms with Crippen LogP contribution in [0, 0.1) is 0 Å². The molecule has 0 amide bonds. The Bertz CT molecular complexity index is 740. The van der Waals surface area contributed by atoms with Crippen molar-refractivity contribution in [3.05, 3.63) is 53.9 Å². The Morgan fingerprint density at radius 1 is 1.12 bits per heavy atom. The Morgan fingerprint density at radius 2 is 2.00 bits per heavy atom. The second-order valence-corrected chi connectivity index (χ2v) is 4.43. The van der Waals surface area contributed by atoms with Gasteiger partial charge in [-0.25, -0.2) is 4.98 Å². The van der Waals surface area contributed by atoms with Crippen LogP contribution in [0.4, 0.5) is 5.69 Å². The van der Waals surface area contributed by atoms with Crippen molar-refractivity contribution in [2.24, 2.45) is 0 Å². The minimum absolute atomic E-state index is 0.772. The van der Waals surface area contributed by atoms with E-state index in [2.05, 4.69) is 33.7 Å². The fraction of sp³-hybridized carbons (Fsp3) is 0.0714. The summed E-state index contributed by atoms with van der Waals surface area (Å²) < 4.78 is 2.10. The Morgan fingerprint density at radius 3 is 2.94 bits per heavy atom. The van der Waals surface area contributed by atoms with Gasteiger partial charge in [-0.15, -0.1) is 0 Å². The van der Waals surface area contributed by atoms with E-state index in [1.54, 1.807) is 0 Å². The van der Waals surface area contributed by atoms with E-state index in [0.29, 0.717) is 0 Å². The maximum atomic E-state index is 5.83. The highest BCUT2D eigenvalue weighted by atomic mass is 15.0. The minimum atomic E-state index is 0.772. The van der Waals surface area contributed by atoms with Gasteiger partial charge >= 0.3 is 0 Å². The quantitative estimate of drug-likeness (QED) is 0.495. The molecule has 2 aromatic heterocycles. The molecule has 0 spiro atoms. The number of benzene rings is 1. The molecule has 17 heavy (non-hydrogen) atoms. The normalized spacial score (nSPS) is 12.7. The minimum Gasteiger partial charge on any atom is -0.398 e. The highest BCUT2D eigenvalue weighted by Gasteiger charge is 2.23. The first-order chi connectivity index (χ1) is 8.33. The molecule has 0 radical (unpaired) electrons. The molecule has 0 aliphatic heterocycles. The van der Waals surface area contributed by atoms with Crippen molar-refractivity contribution in [3.8, 4) is 11.3 Å². The van der Waals surface area contributed by atoms with E-state index in [1.165, 1.54) is 16.8 Å². The molecule has 1 aliphatic rings. The first kappa shape index (κ1) is 8.82. The Labute approximate surface area is 98.5 Å². The Balaban J connectivity index is 2.09. The van der Waals surface area contributed by atoms with Gasteiger partial charge in [-0.2, -0.15) is 0 Å². The van der Waals surface area contributed by atoms with Crippen molar-refractivity contribution in [1.82, 2.24) is 9.38 Å². The van der Waals surface area contributed by atoms with Gasteiger partial charge in [0, 0.05) is 23.9 Å². The zero-order valence-electron chi connectivity index (χ0n) is 9.22. The van der Waals surface area contributed by atoms with Crippen LogP contribution < -0.4 is 5.73 Å². The van der Waals surface area contributed by atoms with Crippen molar-refractivity contribution < 1.29 is 0 Å². The highest BCUT2D eigenvalue weighted by Crippen LogP contribution is 2.36. The lowest BCUT2D eigenvalue weighted by atomic mass is 10.1. The van der Waals surface area contributed by atoms with E-state index in [4.69, 9.17) is 5.73 Å². The van der Waals surface area contributed by atoms with Gasteiger partial charge in [-0.1, -0.05) is 24.3 Å². The first-order valence-corrected chi connectivity index (χ1v) is 5.68. The molecule has 0 atom stereocenters. The third-order valence-electron chi connectivity index (χ3n) is 3.37. The molecule has 3 aromatic rings. The fourth-order valence-electron chi connectivity index (χ4n) is 2.58. The van der Waals surface area contributed by atoms with E-state index in [0.717, 1.165) is 23.4 Å². The Hall–Kier alpha value is -2.29. The van der Waals surface area contributed by atoms with Crippen LogP contribution in [0.5, 0.6) is 0 Å². The molecule has 82 valence electrons. The SMILES string of the molecule is Nc1ccc2nc3c(n2c1)Cc1ccccc1-3. The molecule has 0 unspecified atom stereocenters. The number of rotatable bonds is 0. The lowest BCUT2D eigenvalue weighted by Gasteiger charge is -2.00. The number of anilines is 1. The zero-order chi connectivity index (χ0) is 11.4. The van der Waals surface area contributed by atoms with Crippen LogP contribution >= 0.6 is 0 Å². The number of hydrogen-bond acceptors (Lipinski definition) is 2. The largest absolute Gasteiger partial charge is 0.398 e. The molecule has 4 rings (SSSR count). The van der Waals surface area contributed by atoms with E-state index < -0.39 is 0 Å². The zero-order valence-corrected chi connectivity index (χ0v) is 9.22. The molecule has 0 bridgehead atoms. The van der Waals surface area contributed by atoms with Gasteiger partial charge in [0.15, 0.2) is 0 Å². The molecule has 2 N–H and O–H groups in total. The van der Waals surface area contributed by atoms with E-state index in [9.17, 15) is 0 Å². The average molecular weight is 221 g/mol. The van der Waals surface area contributed by atoms with E-state index in [1.807, 2.05) is 18.3 Å². The van der Waals surface area contributed by atoms with Gasteiger partial charge in [-0.3, -0.25) is 0 Å². The summed E-state index contributed by atoms with van der Waals surface area (Å²) in [7, 11) is 0. The number of aromatic nitrogens is 2. The summed E-state index contributed by atoms with van der Waals surface area (Å²) in [5.41, 5.74) is 12.5. The van der Waals surface area contributed by atoms with Gasteiger partial charge in [0.25, 0.3) is 0 Å². The molecule has 0 saturated carbocycles. The second kappa shape index (κ2) is 2.88. The topological polar surface area (TPSA) is 43.3 Å². The lowest BCUT2D eigenvalue weighted by Crippen LogP contribution is -1.94. The maximum Gasteiger partial charge on any atom is 0.137 e. The number of nitrogens with two attached hydrogens (primary N) is 1. The number of nitrogen functional groups attached to an aromatic ring is 1. The van der Waals surface area contributed by atoms with Crippen molar-refractivity contribution in [2.45, 2.75) is 6.42 Å². The summed E-state index contributed by atoms with van der Waals surface area (Å²) in [5, 5.41) is 0. The molecule has 1 aliphatic carbocycles. The monoisotopic (exact) mass is 221 g/mol. The molecular formula is C14H11N3. The summed E-state index contributed by atoms with van der Waals surface area (Å²) in [6, 6.07) is 12.3. The summed E-state index contributed by atoms with van der Waals surface area (Å²) in [5.74, 6) is 0. The fourth-order valence-corrected chi connectivity index (χ4v) is 2.58. The summed E-state index contributed by atoms with van der Waals surface area (Å²) >= 11 is 0. The number of imidazole rings is 1. The lowest BCUT2D eigenvalue weighted by molar-refractivity contribution is 1.05. The number of nitrogens with zero attached hydrogens (tertiary/aromatic N) is 2. The molecule has 1 aromatic carbocycles. The summed E-state index contributed by atoms with van der Waals surface area (Å²) in [4.78, 5) is 4.68. The van der Waals surface area contributed by atoms with Crippen LogP contribution in [0.2, 0.25) is 0 Å². The van der Waals surface area contributed by atoms with Crippen LogP contribution in [-0.2, 0) is 6.42 Å². The average Bonchev–Trinajstić information content (AvgIpc) is 2.85. The summed E-state index contributed by atoms with van der Waals surface area (Å²) in [6.45, 7) is 0. The molecule has 0 fully saturated rings. The Kier molecular flexibility index (Phi) is 1.50. The first-order valence-electron chi connectivity index (χ1n) is 5.68. The third kappa shape index (κ3) is 1.08. The third-order valence-corrected chi connectivity index (χ3v) is 3.37. The number of fused-ring (bicyclic) bond motifs is 5.